The van der Waals surface area contributed by atoms with E-state index in [4.69, 9.17) is 16.5 Å². The minimum atomic E-state index is 0.445. The van der Waals surface area contributed by atoms with E-state index >= 15 is 0 Å². The van der Waals surface area contributed by atoms with Crippen LogP contribution in [-0.4, -0.2) is 19.1 Å². The predicted molar refractivity (Wildman–Crippen MR) is 261 cm³/mol. The summed E-state index contributed by atoms with van der Waals surface area (Å²) in [5, 5.41) is 0. The van der Waals surface area contributed by atoms with Crippen molar-refractivity contribution >= 4 is 22.8 Å². The number of anilines is 2. The molecule has 0 saturated heterocycles. The average molecular weight is 815 g/mol. The molecule has 0 amide bonds. The van der Waals surface area contributed by atoms with Crippen LogP contribution < -0.4 is 11.5 Å². The molecule has 0 fully saturated rings. The summed E-state index contributed by atoms with van der Waals surface area (Å²) in [5.41, 5.74) is 26.3. The summed E-state index contributed by atoms with van der Waals surface area (Å²) in [6.45, 7) is 8.57. The molecule has 0 unspecified atom stereocenters. The number of nitrogens with zero attached hydrogens (tertiary/aromatic N) is 4. The van der Waals surface area contributed by atoms with E-state index < -0.39 is 0 Å². The summed E-state index contributed by atoms with van der Waals surface area (Å²) >= 11 is 0. The van der Waals surface area contributed by atoms with Gasteiger partial charge < -0.3 is 20.6 Å². The highest BCUT2D eigenvalue weighted by Crippen LogP contribution is 2.30. The van der Waals surface area contributed by atoms with Gasteiger partial charge in [0.25, 0.3) is 0 Å². The van der Waals surface area contributed by atoms with Gasteiger partial charge in [-0.15, -0.1) is 0 Å². The quantitative estimate of drug-likeness (QED) is 0.107. The first kappa shape index (κ1) is 42.9. The van der Waals surface area contributed by atoms with Crippen LogP contribution in [0.4, 0.5) is 11.6 Å². The van der Waals surface area contributed by atoms with E-state index in [0.29, 0.717) is 11.6 Å². The Kier molecular flexibility index (Phi) is 14.5. The van der Waals surface area contributed by atoms with Gasteiger partial charge in [-0.05, 0) is 159 Å². The van der Waals surface area contributed by atoms with Crippen LogP contribution in [0.25, 0.3) is 22.8 Å². The number of nitrogen functional groups attached to an aromatic ring is 2. The number of hydrogen-bond acceptors (Lipinski definition) is 4. The summed E-state index contributed by atoms with van der Waals surface area (Å²) in [7, 11) is 0. The van der Waals surface area contributed by atoms with Crippen LogP contribution in [0.1, 0.15) is 81.8 Å². The highest BCUT2D eigenvalue weighted by Gasteiger charge is 2.16. The number of rotatable bonds is 14. The number of benzene rings is 4. The lowest BCUT2D eigenvalue weighted by molar-refractivity contribution is 0.843. The van der Waals surface area contributed by atoms with Crippen LogP contribution in [0, 0.1) is 27.7 Å². The van der Waals surface area contributed by atoms with Crippen LogP contribution in [0.15, 0.2) is 182 Å². The first-order valence-electron chi connectivity index (χ1n) is 21.7. The molecule has 0 aliphatic heterocycles. The molecule has 6 nitrogen and oxygen atoms in total. The van der Waals surface area contributed by atoms with Crippen LogP contribution in [-0.2, 0) is 12.8 Å². The Bertz CT molecular complexity index is 2600. The zero-order chi connectivity index (χ0) is 43.3. The second-order valence-corrected chi connectivity index (χ2v) is 15.9. The summed E-state index contributed by atoms with van der Waals surface area (Å²) in [6.07, 6.45) is 11.0. The predicted octanol–water partition coefficient (Wildman–Crippen LogP) is 13.1. The molecule has 4 aromatic heterocycles. The van der Waals surface area contributed by atoms with Crippen molar-refractivity contribution in [3.05, 3.63) is 238 Å². The normalized spacial score (nSPS) is 11.6. The molecule has 4 heterocycles. The second kappa shape index (κ2) is 20.9. The summed E-state index contributed by atoms with van der Waals surface area (Å²) in [5.74, 6) is 2.79. The molecule has 8 aromatic rings. The van der Waals surface area contributed by atoms with Crippen molar-refractivity contribution < 1.29 is 0 Å². The van der Waals surface area contributed by atoms with Gasteiger partial charge in [0.15, 0.2) is 0 Å². The summed E-state index contributed by atoms with van der Waals surface area (Å²) < 4.78 is 4.50. The third-order valence-corrected chi connectivity index (χ3v) is 11.2. The lowest BCUT2D eigenvalue weighted by atomic mass is 9.96. The Labute approximate surface area is 368 Å². The van der Waals surface area contributed by atoms with Crippen molar-refractivity contribution in [2.75, 3.05) is 11.5 Å². The maximum Gasteiger partial charge on any atom is 0.140 e. The fourth-order valence-electron chi connectivity index (χ4n) is 8.11. The fraction of sp³-hybridized carbons (Fsp3) is 0.179. The molecule has 0 aliphatic rings. The molecule has 0 aliphatic carbocycles. The Hall–Kier alpha value is -7.18. The Morgan fingerprint density at radius 2 is 0.758 bits per heavy atom. The molecule has 8 rings (SSSR count). The molecule has 0 atom stereocenters. The van der Waals surface area contributed by atoms with Crippen molar-refractivity contribution in [2.45, 2.75) is 66.2 Å². The number of allylic oxidation sites excluding steroid dienone is 2. The molecule has 62 heavy (non-hydrogen) atoms. The maximum atomic E-state index is 5.89. The molecule has 6 heteroatoms. The standard InChI is InChI=1S/C34H35N3.C22H23N3/c1-25-19-20-26(2)36(25)33-23-31(24-34(35-33)37-27(3)21-22-28(37)4)32(30-16-9-6-10-17-30)18-12-11-15-29-13-7-5-8-14-29;23-21-15-19(16-22(24)25-21)20(18-12-5-2-6-13-18)14-8-7-11-17-9-3-1-4-10-17/h5-10,13-14,16-24H,11-12,15H2,1-4H3;1-6,9-10,12-16H,7-8,11H2,(H4,23,24,25)/b32-18-;20-14-. The first-order valence-corrected chi connectivity index (χ1v) is 21.7. The summed E-state index contributed by atoms with van der Waals surface area (Å²) in [6, 6.07) is 59.3. The van der Waals surface area contributed by atoms with Gasteiger partial charge in [0.05, 0.1) is 0 Å². The van der Waals surface area contributed by atoms with Gasteiger partial charge in [0.2, 0.25) is 0 Å². The zero-order valence-electron chi connectivity index (χ0n) is 36.5. The van der Waals surface area contributed by atoms with Crippen molar-refractivity contribution in [1.29, 1.82) is 0 Å². The number of aromatic nitrogens is 4. The fourth-order valence-corrected chi connectivity index (χ4v) is 8.11. The van der Waals surface area contributed by atoms with Crippen molar-refractivity contribution in [2.24, 2.45) is 0 Å². The molecule has 0 spiro atoms. The third-order valence-electron chi connectivity index (χ3n) is 11.2. The van der Waals surface area contributed by atoms with Crippen molar-refractivity contribution in [3.63, 3.8) is 0 Å². The Morgan fingerprint density at radius 1 is 0.419 bits per heavy atom. The van der Waals surface area contributed by atoms with Crippen LogP contribution in [0.3, 0.4) is 0 Å². The van der Waals surface area contributed by atoms with E-state index in [1.807, 2.05) is 30.3 Å². The van der Waals surface area contributed by atoms with Gasteiger partial charge in [0.1, 0.15) is 23.3 Å². The van der Waals surface area contributed by atoms with E-state index in [0.717, 1.165) is 66.9 Å². The van der Waals surface area contributed by atoms with E-state index in [1.54, 1.807) is 0 Å². The average Bonchev–Trinajstić information content (AvgIpc) is 3.82. The lowest BCUT2D eigenvalue weighted by Crippen LogP contribution is -2.09. The SMILES string of the molecule is Cc1ccc(C)n1-c1cc(/C(=C\CCCc2ccccc2)c2ccccc2)cc(-n2c(C)ccc2C)n1.Nc1cc(/C(=C\CCCc2ccccc2)c2ccccc2)cc(N)n1. The molecule has 312 valence electrons. The van der Waals surface area contributed by atoms with E-state index in [2.05, 4.69) is 193 Å². The van der Waals surface area contributed by atoms with E-state index in [1.165, 1.54) is 50.6 Å². The van der Waals surface area contributed by atoms with Gasteiger partial charge in [-0.25, -0.2) is 9.97 Å². The second-order valence-electron chi connectivity index (χ2n) is 15.9. The molecule has 0 saturated carbocycles. The smallest absolute Gasteiger partial charge is 0.140 e. The third kappa shape index (κ3) is 11.1. The topological polar surface area (TPSA) is 87.7 Å². The highest BCUT2D eigenvalue weighted by molar-refractivity contribution is 5.82. The highest BCUT2D eigenvalue weighted by atomic mass is 15.1. The number of unbranched alkanes of at least 4 members (excludes halogenated alkanes) is 2. The molecule has 0 bridgehead atoms. The molecule has 0 radical (unpaired) electrons. The largest absolute Gasteiger partial charge is 0.384 e. The van der Waals surface area contributed by atoms with E-state index in [-0.39, 0.29) is 0 Å². The van der Waals surface area contributed by atoms with Crippen molar-refractivity contribution in [3.8, 4) is 11.6 Å². The number of hydrogen-bond donors (Lipinski definition) is 2. The maximum absolute atomic E-state index is 5.89. The van der Waals surface area contributed by atoms with Crippen LogP contribution >= 0.6 is 0 Å². The number of aryl methyl sites for hydroxylation is 6. The molecule has 4 N–H and O–H groups in total. The van der Waals surface area contributed by atoms with Gasteiger partial charge in [-0.2, -0.15) is 0 Å². The van der Waals surface area contributed by atoms with Gasteiger partial charge in [-0.3, -0.25) is 0 Å². The van der Waals surface area contributed by atoms with Gasteiger partial charge in [-0.1, -0.05) is 133 Å². The van der Waals surface area contributed by atoms with E-state index in [9.17, 15) is 0 Å². The number of nitrogens with two attached hydrogens (primary N) is 2. The molecular formula is C56H58N6. The van der Waals surface area contributed by atoms with Crippen molar-refractivity contribution in [1.82, 2.24) is 19.1 Å². The summed E-state index contributed by atoms with van der Waals surface area (Å²) in [4.78, 5) is 9.25. The molecular weight excluding hydrogens is 757 g/mol. The molecule has 4 aromatic carbocycles. The minimum absolute atomic E-state index is 0.445. The number of pyridine rings is 2. The van der Waals surface area contributed by atoms with Gasteiger partial charge in [0, 0.05) is 22.8 Å². The Morgan fingerprint density at radius 3 is 1.13 bits per heavy atom. The van der Waals surface area contributed by atoms with Crippen LogP contribution in [0.5, 0.6) is 0 Å². The van der Waals surface area contributed by atoms with Gasteiger partial charge >= 0.3 is 0 Å². The Balaban J connectivity index is 0.000000201. The lowest BCUT2D eigenvalue weighted by Gasteiger charge is -2.17. The van der Waals surface area contributed by atoms with Crippen LogP contribution in [0.2, 0.25) is 0 Å². The monoisotopic (exact) mass is 814 g/mol. The first-order chi connectivity index (χ1) is 30.2. The zero-order valence-corrected chi connectivity index (χ0v) is 36.5. The minimum Gasteiger partial charge on any atom is -0.384 e.